The Hall–Kier alpha value is -0.900. The van der Waals surface area contributed by atoms with Crippen LogP contribution in [0.4, 0.5) is 0 Å². The van der Waals surface area contributed by atoms with Crippen LogP contribution in [0.25, 0.3) is 0 Å². The molecule has 0 spiro atoms. The molecule has 1 aliphatic rings. The van der Waals surface area contributed by atoms with Gasteiger partial charge in [0.15, 0.2) is 0 Å². The van der Waals surface area contributed by atoms with Gasteiger partial charge in [0.1, 0.15) is 0 Å². The van der Waals surface area contributed by atoms with E-state index in [1.54, 1.807) is 0 Å². The zero-order chi connectivity index (χ0) is 11.8. The quantitative estimate of drug-likeness (QED) is 0.733. The van der Waals surface area contributed by atoms with Gasteiger partial charge in [-0.2, -0.15) is 0 Å². The van der Waals surface area contributed by atoms with E-state index < -0.39 is 0 Å². The lowest BCUT2D eigenvalue weighted by molar-refractivity contribution is 0.119. The van der Waals surface area contributed by atoms with Gasteiger partial charge in [0.2, 0.25) is 0 Å². The molecule has 0 radical (unpaired) electrons. The summed E-state index contributed by atoms with van der Waals surface area (Å²) in [5, 5.41) is 6.91. The van der Waals surface area contributed by atoms with Gasteiger partial charge in [0, 0.05) is 12.6 Å². The van der Waals surface area contributed by atoms with Crippen LogP contribution in [0.3, 0.4) is 0 Å². The monoisotopic (exact) mass is 234 g/mol. The lowest BCUT2D eigenvalue weighted by atomic mass is 10.1. The lowest BCUT2D eigenvalue weighted by Crippen LogP contribution is -2.41. The second kappa shape index (κ2) is 7.43. The van der Waals surface area contributed by atoms with Gasteiger partial charge < -0.3 is 15.4 Å². The molecular weight excluding hydrogens is 212 g/mol. The predicted octanol–water partition coefficient (Wildman–Crippen LogP) is 1.54. The van der Waals surface area contributed by atoms with E-state index in [0.29, 0.717) is 6.04 Å². The molecule has 0 unspecified atom stereocenters. The molecule has 1 aromatic carbocycles. The molecule has 1 heterocycles. The Morgan fingerprint density at radius 2 is 1.94 bits per heavy atom. The molecule has 2 N–H and O–H groups in total. The Morgan fingerprint density at radius 1 is 1.18 bits per heavy atom. The molecule has 2 rings (SSSR count). The van der Waals surface area contributed by atoms with Gasteiger partial charge in [0.05, 0.1) is 13.2 Å². The highest BCUT2D eigenvalue weighted by Gasteiger charge is 2.10. The highest BCUT2D eigenvalue weighted by molar-refractivity contribution is 5.13. The summed E-state index contributed by atoms with van der Waals surface area (Å²) in [4.78, 5) is 0. The van der Waals surface area contributed by atoms with Crippen LogP contribution in [-0.2, 0) is 11.3 Å². The highest BCUT2D eigenvalue weighted by Crippen LogP contribution is 2.02. The number of ether oxygens (including phenoxy) is 1. The third-order valence-electron chi connectivity index (χ3n) is 3.13. The molecule has 3 heteroatoms. The van der Waals surface area contributed by atoms with Crippen molar-refractivity contribution in [2.24, 2.45) is 0 Å². The summed E-state index contributed by atoms with van der Waals surface area (Å²) < 4.78 is 5.63. The first-order valence-corrected chi connectivity index (χ1v) is 6.51. The Labute approximate surface area is 104 Å². The van der Waals surface area contributed by atoms with Gasteiger partial charge >= 0.3 is 0 Å². The molecular formula is C14H22N2O. The van der Waals surface area contributed by atoms with Crippen molar-refractivity contribution in [3.63, 3.8) is 0 Å². The molecule has 0 saturated carbocycles. The summed E-state index contributed by atoms with van der Waals surface area (Å²) >= 11 is 0. The molecule has 1 saturated heterocycles. The van der Waals surface area contributed by atoms with Gasteiger partial charge in [-0.25, -0.2) is 0 Å². The van der Waals surface area contributed by atoms with Crippen molar-refractivity contribution < 1.29 is 4.74 Å². The van der Waals surface area contributed by atoms with E-state index in [1.165, 1.54) is 18.4 Å². The third-order valence-corrected chi connectivity index (χ3v) is 3.13. The van der Waals surface area contributed by atoms with Gasteiger partial charge in [-0.15, -0.1) is 0 Å². The van der Waals surface area contributed by atoms with Crippen molar-refractivity contribution in [3.8, 4) is 0 Å². The van der Waals surface area contributed by atoms with E-state index >= 15 is 0 Å². The first-order valence-electron chi connectivity index (χ1n) is 6.51. The van der Waals surface area contributed by atoms with E-state index in [-0.39, 0.29) is 0 Å². The van der Waals surface area contributed by atoms with Crippen LogP contribution in [0.2, 0.25) is 0 Å². The largest absolute Gasteiger partial charge is 0.375 e. The Morgan fingerprint density at radius 3 is 2.71 bits per heavy atom. The highest BCUT2D eigenvalue weighted by atomic mass is 16.5. The first kappa shape index (κ1) is 12.6. The molecule has 17 heavy (non-hydrogen) atoms. The van der Waals surface area contributed by atoms with Crippen LogP contribution >= 0.6 is 0 Å². The summed E-state index contributed by atoms with van der Waals surface area (Å²) in [7, 11) is 0. The van der Waals surface area contributed by atoms with Crippen LogP contribution in [0.15, 0.2) is 30.3 Å². The number of nitrogens with one attached hydrogen (secondary N) is 2. The van der Waals surface area contributed by atoms with Crippen LogP contribution in [0.1, 0.15) is 18.4 Å². The fraction of sp³-hybridized carbons (Fsp3) is 0.571. The number of piperidine rings is 1. The van der Waals surface area contributed by atoms with Crippen molar-refractivity contribution in [2.75, 3.05) is 26.2 Å². The van der Waals surface area contributed by atoms with Crippen molar-refractivity contribution in [1.29, 1.82) is 0 Å². The molecule has 0 bridgehead atoms. The number of rotatable bonds is 6. The minimum atomic E-state index is 0.677. The van der Waals surface area contributed by atoms with Crippen molar-refractivity contribution in [2.45, 2.75) is 25.5 Å². The maximum atomic E-state index is 5.63. The van der Waals surface area contributed by atoms with Crippen molar-refractivity contribution in [1.82, 2.24) is 10.6 Å². The zero-order valence-electron chi connectivity index (χ0n) is 10.3. The Kier molecular flexibility index (Phi) is 5.49. The van der Waals surface area contributed by atoms with E-state index in [0.717, 1.165) is 32.8 Å². The maximum absolute atomic E-state index is 5.63. The van der Waals surface area contributed by atoms with Crippen LogP contribution in [0, 0.1) is 0 Å². The van der Waals surface area contributed by atoms with Gasteiger partial charge in [-0.3, -0.25) is 0 Å². The summed E-state index contributed by atoms with van der Waals surface area (Å²) in [6.45, 7) is 4.75. The molecule has 0 aromatic heterocycles. The second-order valence-electron chi connectivity index (χ2n) is 4.52. The predicted molar refractivity (Wildman–Crippen MR) is 70.0 cm³/mol. The molecule has 1 aromatic rings. The minimum absolute atomic E-state index is 0.677. The molecule has 3 nitrogen and oxygen atoms in total. The molecule has 0 atom stereocenters. The number of hydrogen-bond donors (Lipinski definition) is 2. The molecule has 94 valence electrons. The van der Waals surface area contributed by atoms with Crippen molar-refractivity contribution >= 4 is 0 Å². The van der Waals surface area contributed by atoms with Crippen LogP contribution in [-0.4, -0.2) is 32.3 Å². The number of hydrogen-bond acceptors (Lipinski definition) is 3. The molecule has 1 fully saturated rings. The lowest BCUT2D eigenvalue weighted by Gasteiger charge is -2.23. The fourth-order valence-electron chi connectivity index (χ4n) is 2.13. The smallest absolute Gasteiger partial charge is 0.0717 e. The van der Waals surface area contributed by atoms with Gasteiger partial charge in [-0.1, -0.05) is 30.3 Å². The van der Waals surface area contributed by atoms with E-state index in [4.69, 9.17) is 4.74 Å². The topological polar surface area (TPSA) is 33.3 Å². The first-order chi connectivity index (χ1) is 8.45. The maximum Gasteiger partial charge on any atom is 0.0717 e. The molecule has 0 amide bonds. The molecule has 1 aliphatic heterocycles. The molecule has 0 aliphatic carbocycles. The second-order valence-corrected chi connectivity index (χ2v) is 4.52. The average molecular weight is 234 g/mol. The standard InChI is InChI=1S/C14H22N2O/c1-2-4-13(5-3-1)12-17-11-10-16-14-6-8-15-9-7-14/h1-5,14-16H,6-12H2. The van der Waals surface area contributed by atoms with E-state index in [2.05, 4.69) is 22.8 Å². The van der Waals surface area contributed by atoms with E-state index in [1.807, 2.05) is 18.2 Å². The average Bonchev–Trinajstić information content (AvgIpc) is 2.41. The summed E-state index contributed by atoms with van der Waals surface area (Å²) in [6, 6.07) is 11.0. The Bertz CT molecular complexity index is 296. The normalized spacial score (nSPS) is 17.2. The zero-order valence-corrected chi connectivity index (χ0v) is 10.3. The summed E-state index contributed by atoms with van der Waals surface area (Å²) in [5.74, 6) is 0. The fourth-order valence-corrected chi connectivity index (χ4v) is 2.13. The minimum Gasteiger partial charge on any atom is -0.375 e. The summed E-state index contributed by atoms with van der Waals surface area (Å²) in [6.07, 6.45) is 2.47. The van der Waals surface area contributed by atoms with E-state index in [9.17, 15) is 0 Å². The van der Waals surface area contributed by atoms with Crippen LogP contribution < -0.4 is 10.6 Å². The number of benzene rings is 1. The third kappa shape index (κ3) is 4.86. The van der Waals surface area contributed by atoms with Gasteiger partial charge in [0.25, 0.3) is 0 Å². The summed E-state index contributed by atoms with van der Waals surface area (Å²) in [5.41, 5.74) is 1.24. The van der Waals surface area contributed by atoms with Crippen molar-refractivity contribution in [3.05, 3.63) is 35.9 Å². The Balaban J connectivity index is 1.51. The SMILES string of the molecule is c1ccc(COCCNC2CCNCC2)cc1. The van der Waals surface area contributed by atoms with Gasteiger partial charge in [-0.05, 0) is 31.5 Å². The van der Waals surface area contributed by atoms with Crippen LogP contribution in [0.5, 0.6) is 0 Å².